The highest BCUT2D eigenvalue weighted by Gasteiger charge is 2.26. The fraction of sp³-hybridized carbons (Fsp3) is 0.467. The van der Waals surface area contributed by atoms with Gasteiger partial charge in [0.05, 0.1) is 6.54 Å². The van der Waals surface area contributed by atoms with Crippen molar-refractivity contribution in [2.45, 2.75) is 13.8 Å². The van der Waals surface area contributed by atoms with Crippen LogP contribution in [0.1, 0.15) is 13.8 Å². The van der Waals surface area contributed by atoms with Gasteiger partial charge in [-0.1, -0.05) is 11.8 Å². The number of amides is 1. The van der Waals surface area contributed by atoms with Crippen LogP contribution in [-0.4, -0.2) is 49.8 Å². The average molecular weight is 355 g/mol. The monoisotopic (exact) mass is 355 g/mol. The minimum Gasteiger partial charge on any atom is -0.372 e. The Labute approximate surface area is 141 Å². The molecule has 0 aromatic heterocycles. The molecule has 0 saturated heterocycles. The van der Waals surface area contributed by atoms with Crippen LogP contribution in [0.15, 0.2) is 29.3 Å². The highest BCUT2D eigenvalue weighted by molar-refractivity contribution is 8.35. The maximum atomic E-state index is 12.0. The van der Waals surface area contributed by atoms with Crippen LogP contribution < -0.4 is 10.2 Å². The van der Waals surface area contributed by atoms with Crippen LogP contribution in [0.2, 0.25) is 0 Å². The lowest BCUT2D eigenvalue weighted by atomic mass is 10.2. The quantitative estimate of drug-likeness (QED) is 0.844. The largest absolute Gasteiger partial charge is 0.372 e. The van der Waals surface area contributed by atoms with Crippen LogP contribution in [0.25, 0.3) is 0 Å². The Morgan fingerprint density at radius 1 is 1.26 bits per heavy atom. The Hall–Kier alpha value is -1.54. The zero-order valence-electron chi connectivity index (χ0n) is 13.3. The Morgan fingerprint density at radius 2 is 1.91 bits per heavy atom. The molecule has 1 amide bonds. The van der Waals surface area contributed by atoms with E-state index in [0.717, 1.165) is 18.8 Å². The molecule has 6 nitrogen and oxygen atoms in total. The van der Waals surface area contributed by atoms with Crippen LogP contribution >= 0.6 is 11.8 Å². The highest BCUT2D eigenvalue weighted by atomic mass is 32.3. The van der Waals surface area contributed by atoms with E-state index in [1.165, 1.54) is 11.8 Å². The van der Waals surface area contributed by atoms with Gasteiger partial charge in [-0.2, -0.15) is 0 Å². The number of carbonyl (C=O) groups is 1. The lowest BCUT2D eigenvalue weighted by Crippen LogP contribution is -2.26. The lowest BCUT2D eigenvalue weighted by molar-refractivity contribution is -0.113. The van der Waals surface area contributed by atoms with Crippen molar-refractivity contribution in [1.29, 1.82) is 0 Å². The summed E-state index contributed by atoms with van der Waals surface area (Å²) in [5, 5.41) is 2.62. The SMILES string of the molecule is CCN(CC)c1ccc(NC(=O)CS(=O)(=O)C2=NCCS2)cc1. The molecular weight excluding hydrogens is 334 g/mol. The second kappa shape index (κ2) is 7.83. The Morgan fingerprint density at radius 3 is 2.43 bits per heavy atom. The van der Waals surface area contributed by atoms with Crippen LogP contribution in [0, 0.1) is 0 Å². The normalized spacial score (nSPS) is 14.4. The number of carbonyl (C=O) groups excluding carboxylic acids is 1. The molecule has 0 saturated carbocycles. The molecule has 2 rings (SSSR count). The number of sulfone groups is 1. The fourth-order valence-corrected chi connectivity index (χ4v) is 4.79. The topological polar surface area (TPSA) is 78.8 Å². The van der Waals surface area contributed by atoms with Crippen LogP contribution in [0.4, 0.5) is 11.4 Å². The van der Waals surface area contributed by atoms with Crippen molar-refractivity contribution in [2.24, 2.45) is 4.99 Å². The summed E-state index contributed by atoms with van der Waals surface area (Å²) in [4.78, 5) is 18.1. The summed E-state index contributed by atoms with van der Waals surface area (Å²) in [5.74, 6) is -0.463. The number of hydrogen-bond acceptors (Lipinski definition) is 6. The summed E-state index contributed by atoms with van der Waals surface area (Å²) in [6.45, 7) is 6.45. The molecule has 8 heteroatoms. The highest BCUT2D eigenvalue weighted by Crippen LogP contribution is 2.19. The summed E-state index contributed by atoms with van der Waals surface area (Å²) in [7, 11) is -3.62. The molecule has 1 aliphatic heterocycles. The standard InChI is InChI=1S/C15H21N3O3S2/c1-3-18(4-2)13-7-5-12(6-8-13)17-14(19)11-23(20,21)15-16-9-10-22-15/h5-8H,3-4,9-11H2,1-2H3,(H,17,19). The summed E-state index contributed by atoms with van der Waals surface area (Å²) in [5.41, 5.74) is 1.65. The average Bonchev–Trinajstić information content (AvgIpc) is 3.05. The number of nitrogens with zero attached hydrogens (tertiary/aromatic N) is 2. The maximum Gasteiger partial charge on any atom is 0.240 e. The molecule has 1 aliphatic rings. The second-order valence-electron chi connectivity index (χ2n) is 5.02. The third-order valence-electron chi connectivity index (χ3n) is 3.42. The zero-order chi connectivity index (χ0) is 16.9. The van der Waals surface area contributed by atoms with Gasteiger partial charge in [0.2, 0.25) is 15.7 Å². The molecule has 1 aromatic rings. The smallest absolute Gasteiger partial charge is 0.240 e. The van der Waals surface area contributed by atoms with E-state index in [1.54, 1.807) is 12.1 Å². The summed E-state index contributed by atoms with van der Waals surface area (Å²) in [6.07, 6.45) is 0. The Bertz CT molecular complexity index is 680. The molecule has 1 aromatic carbocycles. The number of nitrogens with one attached hydrogen (secondary N) is 1. The molecular formula is C15H21N3O3S2. The lowest BCUT2D eigenvalue weighted by Gasteiger charge is -2.21. The molecule has 0 fully saturated rings. The van der Waals surface area contributed by atoms with E-state index in [0.29, 0.717) is 18.0 Å². The number of aliphatic imine (C=N–C) groups is 1. The van der Waals surface area contributed by atoms with Gasteiger partial charge in [-0.05, 0) is 38.1 Å². The summed E-state index contributed by atoms with van der Waals surface area (Å²) < 4.78 is 24.1. The van der Waals surface area contributed by atoms with Gasteiger partial charge in [-0.15, -0.1) is 0 Å². The van der Waals surface area contributed by atoms with E-state index >= 15 is 0 Å². The third-order valence-corrected chi connectivity index (χ3v) is 6.61. The van der Waals surface area contributed by atoms with E-state index in [1.807, 2.05) is 12.1 Å². The van der Waals surface area contributed by atoms with Crippen LogP contribution in [0.3, 0.4) is 0 Å². The van der Waals surface area contributed by atoms with Gasteiger partial charge in [0, 0.05) is 30.2 Å². The zero-order valence-corrected chi connectivity index (χ0v) is 14.9. The molecule has 0 aliphatic carbocycles. The first-order valence-corrected chi connectivity index (χ1v) is 10.1. The molecule has 1 heterocycles. The molecule has 0 bridgehead atoms. The van der Waals surface area contributed by atoms with Crippen LogP contribution in [-0.2, 0) is 14.6 Å². The first-order valence-electron chi connectivity index (χ1n) is 7.51. The van der Waals surface area contributed by atoms with Crippen molar-refractivity contribution in [3.8, 4) is 0 Å². The maximum absolute atomic E-state index is 12.0. The molecule has 0 atom stereocenters. The third kappa shape index (κ3) is 4.71. The van der Waals surface area contributed by atoms with Gasteiger partial charge < -0.3 is 10.2 Å². The number of rotatable bonds is 6. The van der Waals surface area contributed by atoms with Crippen molar-refractivity contribution in [1.82, 2.24) is 0 Å². The number of hydrogen-bond donors (Lipinski definition) is 1. The predicted octanol–water partition coefficient (Wildman–Crippen LogP) is 1.99. The predicted molar refractivity (Wildman–Crippen MR) is 97.2 cm³/mol. The molecule has 1 N–H and O–H groups in total. The number of anilines is 2. The minimum atomic E-state index is -3.62. The second-order valence-corrected chi connectivity index (χ2v) is 8.27. The minimum absolute atomic E-state index is 0.0736. The van der Waals surface area contributed by atoms with Gasteiger partial charge in [0.15, 0.2) is 4.38 Å². The molecule has 0 spiro atoms. The van der Waals surface area contributed by atoms with Gasteiger partial charge in [0.1, 0.15) is 5.75 Å². The Balaban J connectivity index is 1.98. The van der Waals surface area contributed by atoms with Gasteiger partial charge in [-0.3, -0.25) is 9.79 Å². The fourth-order valence-electron chi connectivity index (χ4n) is 2.28. The summed E-state index contributed by atoms with van der Waals surface area (Å²) >= 11 is 1.18. The van der Waals surface area contributed by atoms with Crippen LogP contribution in [0.5, 0.6) is 0 Å². The first kappa shape index (κ1) is 17.8. The van der Waals surface area contributed by atoms with E-state index in [9.17, 15) is 13.2 Å². The number of benzene rings is 1. The summed E-state index contributed by atoms with van der Waals surface area (Å²) in [6, 6.07) is 7.38. The molecule has 0 radical (unpaired) electrons. The molecule has 23 heavy (non-hydrogen) atoms. The van der Waals surface area contributed by atoms with Gasteiger partial charge >= 0.3 is 0 Å². The van der Waals surface area contributed by atoms with Gasteiger partial charge in [0.25, 0.3) is 0 Å². The van der Waals surface area contributed by atoms with Crippen molar-refractivity contribution >= 4 is 43.3 Å². The van der Waals surface area contributed by atoms with Crippen molar-refractivity contribution in [2.75, 3.05) is 41.4 Å². The Kier molecular flexibility index (Phi) is 6.06. The molecule has 126 valence electrons. The van der Waals surface area contributed by atoms with Crippen molar-refractivity contribution in [3.05, 3.63) is 24.3 Å². The molecule has 0 unspecified atom stereocenters. The number of thioether (sulfide) groups is 1. The van der Waals surface area contributed by atoms with Gasteiger partial charge in [-0.25, -0.2) is 8.42 Å². The van der Waals surface area contributed by atoms with E-state index in [4.69, 9.17) is 0 Å². The van der Waals surface area contributed by atoms with Crippen molar-refractivity contribution in [3.63, 3.8) is 0 Å². The van der Waals surface area contributed by atoms with E-state index in [-0.39, 0.29) is 4.38 Å². The van der Waals surface area contributed by atoms with E-state index in [2.05, 4.69) is 29.1 Å². The van der Waals surface area contributed by atoms with E-state index < -0.39 is 21.5 Å². The van der Waals surface area contributed by atoms with Crippen molar-refractivity contribution < 1.29 is 13.2 Å². The first-order chi connectivity index (χ1) is 11.0.